The number of allylic oxidation sites excluding steroid dienone is 1. The molecule has 0 saturated heterocycles. The standard InChI is InChI=1S/C6H11NO.C5H9NO/c1-5(2)6(8)7(3)4;1-3-4(2)5(6)7/h1H2,2-4H3;3H,1-2H3,(H2,6,7)/b;4-3+. The van der Waals surface area contributed by atoms with Gasteiger partial charge in [-0.25, -0.2) is 0 Å². The molecule has 2 amide bonds. The Balaban J connectivity index is 0. The molecule has 0 spiro atoms. The lowest BCUT2D eigenvalue weighted by Crippen LogP contribution is -2.21. The van der Waals surface area contributed by atoms with Crippen molar-refractivity contribution in [1.82, 2.24) is 4.90 Å². The molecule has 4 heteroatoms. The van der Waals surface area contributed by atoms with E-state index in [0.29, 0.717) is 11.1 Å². The Morgan fingerprint density at radius 1 is 1.27 bits per heavy atom. The zero-order valence-electron chi connectivity index (χ0n) is 10.1. The predicted octanol–water partition coefficient (Wildman–Crippen LogP) is 1.09. The molecular weight excluding hydrogens is 192 g/mol. The third-order valence-corrected chi connectivity index (χ3v) is 1.59. The van der Waals surface area contributed by atoms with Crippen molar-refractivity contribution in [2.75, 3.05) is 14.1 Å². The molecule has 0 radical (unpaired) electrons. The van der Waals surface area contributed by atoms with E-state index in [1.165, 1.54) is 4.90 Å². The Labute approximate surface area is 91.4 Å². The second kappa shape index (κ2) is 7.79. The number of nitrogens with zero attached hydrogens (tertiary/aromatic N) is 1. The van der Waals surface area contributed by atoms with Gasteiger partial charge >= 0.3 is 0 Å². The monoisotopic (exact) mass is 212 g/mol. The summed E-state index contributed by atoms with van der Waals surface area (Å²) in [5.74, 6) is -0.354. The fraction of sp³-hybridized carbons (Fsp3) is 0.455. The molecule has 0 aliphatic carbocycles. The van der Waals surface area contributed by atoms with E-state index in [9.17, 15) is 9.59 Å². The third kappa shape index (κ3) is 8.74. The van der Waals surface area contributed by atoms with Gasteiger partial charge in [0.1, 0.15) is 0 Å². The van der Waals surface area contributed by atoms with E-state index in [0.717, 1.165) is 0 Å². The van der Waals surface area contributed by atoms with Crippen molar-refractivity contribution in [3.05, 3.63) is 23.8 Å². The molecule has 15 heavy (non-hydrogen) atoms. The van der Waals surface area contributed by atoms with E-state index in [1.54, 1.807) is 40.9 Å². The smallest absolute Gasteiger partial charge is 0.248 e. The molecular formula is C11H20N2O2. The highest BCUT2D eigenvalue weighted by molar-refractivity contribution is 5.91. The van der Waals surface area contributed by atoms with Gasteiger partial charge < -0.3 is 10.6 Å². The van der Waals surface area contributed by atoms with Crippen LogP contribution in [0, 0.1) is 0 Å². The van der Waals surface area contributed by atoms with Crippen LogP contribution in [0.15, 0.2) is 23.8 Å². The van der Waals surface area contributed by atoms with E-state index in [4.69, 9.17) is 5.73 Å². The number of carbonyl (C=O) groups is 2. The Bertz CT molecular complexity index is 278. The average molecular weight is 212 g/mol. The summed E-state index contributed by atoms with van der Waals surface area (Å²) in [5.41, 5.74) is 6.03. The maximum Gasteiger partial charge on any atom is 0.248 e. The number of rotatable bonds is 2. The second-order valence-electron chi connectivity index (χ2n) is 3.32. The normalized spacial score (nSPS) is 9.80. The molecule has 0 aliphatic rings. The van der Waals surface area contributed by atoms with Crippen molar-refractivity contribution in [2.24, 2.45) is 5.73 Å². The van der Waals surface area contributed by atoms with E-state index < -0.39 is 0 Å². The van der Waals surface area contributed by atoms with Crippen molar-refractivity contribution in [1.29, 1.82) is 0 Å². The second-order valence-corrected chi connectivity index (χ2v) is 3.32. The van der Waals surface area contributed by atoms with Crippen LogP contribution in [-0.2, 0) is 9.59 Å². The maximum atomic E-state index is 10.7. The van der Waals surface area contributed by atoms with Crippen LogP contribution in [0.1, 0.15) is 20.8 Å². The van der Waals surface area contributed by atoms with Gasteiger partial charge in [0.05, 0.1) is 0 Å². The Kier molecular flexibility index (Phi) is 8.24. The lowest BCUT2D eigenvalue weighted by atomic mass is 10.3. The number of carbonyl (C=O) groups excluding carboxylic acids is 2. The SMILES string of the molecule is C/C=C(\C)C(N)=O.C=C(C)C(=O)N(C)C. The van der Waals surface area contributed by atoms with Crippen LogP contribution in [0.5, 0.6) is 0 Å². The van der Waals surface area contributed by atoms with Crippen molar-refractivity contribution >= 4 is 11.8 Å². The molecule has 0 atom stereocenters. The first-order valence-electron chi connectivity index (χ1n) is 4.53. The molecule has 0 saturated carbocycles. The topological polar surface area (TPSA) is 63.4 Å². The highest BCUT2D eigenvalue weighted by Gasteiger charge is 2.01. The van der Waals surface area contributed by atoms with Crippen LogP contribution >= 0.6 is 0 Å². The van der Waals surface area contributed by atoms with Crippen LogP contribution in [0.2, 0.25) is 0 Å². The summed E-state index contributed by atoms with van der Waals surface area (Å²) in [5, 5.41) is 0. The van der Waals surface area contributed by atoms with Crippen molar-refractivity contribution in [3.63, 3.8) is 0 Å². The number of likely N-dealkylation sites (N-methyl/N-ethyl adjacent to an activating group) is 1. The molecule has 2 N–H and O–H groups in total. The average Bonchev–Trinajstić information content (AvgIpc) is 2.15. The number of amides is 2. The van der Waals surface area contributed by atoms with Gasteiger partial charge in [-0.1, -0.05) is 12.7 Å². The molecule has 0 fully saturated rings. The first-order chi connectivity index (χ1) is 6.73. The molecule has 0 unspecified atom stereocenters. The lowest BCUT2D eigenvalue weighted by Gasteiger charge is -2.07. The summed E-state index contributed by atoms with van der Waals surface area (Å²) in [6.07, 6.45) is 1.68. The van der Waals surface area contributed by atoms with Crippen LogP contribution < -0.4 is 5.73 Å². The zero-order valence-corrected chi connectivity index (χ0v) is 10.1. The first kappa shape index (κ1) is 15.9. The Hall–Kier alpha value is -1.58. The Morgan fingerprint density at radius 3 is 1.67 bits per heavy atom. The maximum absolute atomic E-state index is 10.7. The zero-order chi connectivity index (χ0) is 12.6. The summed E-state index contributed by atoms with van der Waals surface area (Å²) in [6, 6.07) is 0. The Morgan fingerprint density at radius 2 is 1.67 bits per heavy atom. The van der Waals surface area contributed by atoms with Gasteiger partial charge in [0.2, 0.25) is 11.8 Å². The predicted molar refractivity (Wildman–Crippen MR) is 62.1 cm³/mol. The molecule has 0 aromatic heterocycles. The molecule has 0 bridgehead atoms. The van der Waals surface area contributed by atoms with Gasteiger partial charge in [0.25, 0.3) is 0 Å². The van der Waals surface area contributed by atoms with E-state index in [2.05, 4.69) is 6.58 Å². The first-order valence-corrected chi connectivity index (χ1v) is 4.53. The quantitative estimate of drug-likeness (QED) is 0.696. The number of primary amides is 1. The van der Waals surface area contributed by atoms with Crippen LogP contribution in [0.3, 0.4) is 0 Å². The lowest BCUT2D eigenvalue weighted by molar-refractivity contribution is -0.124. The molecule has 0 heterocycles. The molecule has 0 aromatic carbocycles. The van der Waals surface area contributed by atoms with Crippen molar-refractivity contribution in [3.8, 4) is 0 Å². The molecule has 0 aliphatic heterocycles. The van der Waals surface area contributed by atoms with E-state index >= 15 is 0 Å². The van der Waals surface area contributed by atoms with Crippen LogP contribution in [0.25, 0.3) is 0 Å². The number of hydrogen-bond donors (Lipinski definition) is 1. The van der Waals surface area contributed by atoms with E-state index in [-0.39, 0.29) is 11.8 Å². The van der Waals surface area contributed by atoms with Gasteiger partial charge in [-0.15, -0.1) is 0 Å². The minimum Gasteiger partial charge on any atom is -0.366 e. The largest absolute Gasteiger partial charge is 0.366 e. The van der Waals surface area contributed by atoms with Gasteiger partial charge in [0.15, 0.2) is 0 Å². The molecule has 0 aromatic rings. The molecule has 86 valence electrons. The molecule has 0 rings (SSSR count). The fourth-order valence-corrected chi connectivity index (χ4v) is 0.524. The van der Waals surface area contributed by atoms with Gasteiger partial charge in [-0.2, -0.15) is 0 Å². The third-order valence-electron chi connectivity index (χ3n) is 1.59. The summed E-state index contributed by atoms with van der Waals surface area (Å²) in [4.78, 5) is 22.3. The van der Waals surface area contributed by atoms with Gasteiger partial charge in [-0.3, -0.25) is 9.59 Å². The summed E-state index contributed by atoms with van der Waals surface area (Å²) in [7, 11) is 3.41. The van der Waals surface area contributed by atoms with Crippen molar-refractivity contribution in [2.45, 2.75) is 20.8 Å². The van der Waals surface area contributed by atoms with E-state index in [1.807, 2.05) is 0 Å². The highest BCUT2D eigenvalue weighted by atomic mass is 16.2. The van der Waals surface area contributed by atoms with Crippen LogP contribution in [0.4, 0.5) is 0 Å². The minimum absolute atomic E-state index is 0.00926. The van der Waals surface area contributed by atoms with Gasteiger partial charge in [-0.05, 0) is 20.8 Å². The van der Waals surface area contributed by atoms with Gasteiger partial charge in [0, 0.05) is 25.2 Å². The highest BCUT2D eigenvalue weighted by Crippen LogP contribution is 1.90. The minimum atomic E-state index is -0.345. The summed E-state index contributed by atoms with van der Waals surface area (Å²) < 4.78 is 0. The number of nitrogens with two attached hydrogens (primary N) is 1. The number of hydrogen-bond acceptors (Lipinski definition) is 2. The molecule has 4 nitrogen and oxygen atoms in total. The summed E-state index contributed by atoms with van der Waals surface area (Å²) >= 11 is 0. The fourth-order valence-electron chi connectivity index (χ4n) is 0.524. The van der Waals surface area contributed by atoms with Crippen LogP contribution in [-0.4, -0.2) is 30.8 Å². The van der Waals surface area contributed by atoms with Crippen molar-refractivity contribution < 1.29 is 9.59 Å². The summed E-state index contributed by atoms with van der Waals surface area (Å²) in [6.45, 7) is 8.64.